The highest BCUT2D eigenvalue weighted by molar-refractivity contribution is 5.73. The molecule has 1 aliphatic heterocycles. The fourth-order valence-corrected chi connectivity index (χ4v) is 2.34. The third kappa shape index (κ3) is 2.25. The van der Waals surface area contributed by atoms with Gasteiger partial charge in [-0.2, -0.15) is 0 Å². The van der Waals surface area contributed by atoms with Crippen molar-refractivity contribution >= 4 is 6.02 Å². The van der Waals surface area contributed by atoms with Crippen LogP contribution >= 0.6 is 0 Å². The molecule has 0 saturated carbocycles. The van der Waals surface area contributed by atoms with E-state index in [4.69, 9.17) is 10.5 Å². The monoisotopic (exact) mass is 236 g/mol. The molecule has 2 N–H and O–H groups in total. The highest BCUT2D eigenvalue weighted by Crippen LogP contribution is 2.36. The largest absolute Gasteiger partial charge is 0.462 e. The van der Waals surface area contributed by atoms with Gasteiger partial charge in [-0.15, -0.1) is 0 Å². The molecule has 92 valence electrons. The van der Waals surface area contributed by atoms with E-state index in [9.17, 15) is 4.39 Å². The highest BCUT2D eigenvalue weighted by Gasteiger charge is 2.35. The van der Waals surface area contributed by atoms with Crippen molar-refractivity contribution < 1.29 is 9.13 Å². The number of hydrogen-bond donors (Lipinski definition) is 1. The van der Waals surface area contributed by atoms with Gasteiger partial charge in [0.2, 0.25) is 0 Å². The SMILES string of the molecule is Cc1ccc(F)c(C2(C)CC(C)OC(N)=N2)c1. The molecule has 2 unspecified atom stereocenters. The summed E-state index contributed by atoms with van der Waals surface area (Å²) in [7, 11) is 0. The van der Waals surface area contributed by atoms with Crippen molar-refractivity contribution in [3.8, 4) is 0 Å². The second-order valence-corrected chi connectivity index (χ2v) is 4.84. The van der Waals surface area contributed by atoms with E-state index in [0.29, 0.717) is 12.0 Å². The maximum Gasteiger partial charge on any atom is 0.283 e. The van der Waals surface area contributed by atoms with Crippen molar-refractivity contribution in [2.75, 3.05) is 0 Å². The number of benzene rings is 1. The van der Waals surface area contributed by atoms with E-state index in [1.165, 1.54) is 6.07 Å². The Balaban J connectivity index is 2.50. The number of nitrogens with two attached hydrogens (primary N) is 1. The van der Waals surface area contributed by atoms with Gasteiger partial charge in [-0.05, 0) is 26.8 Å². The van der Waals surface area contributed by atoms with Crippen LogP contribution in [0.4, 0.5) is 4.39 Å². The molecule has 0 aliphatic carbocycles. The lowest BCUT2D eigenvalue weighted by atomic mass is 9.85. The predicted octanol–water partition coefficient (Wildman–Crippen LogP) is 2.47. The summed E-state index contributed by atoms with van der Waals surface area (Å²) < 4.78 is 19.2. The van der Waals surface area contributed by atoms with Gasteiger partial charge >= 0.3 is 0 Å². The number of ether oxygens (including phenoxy) is 1. The first-order valence-electron chi connectivity index (χ1n) is 5.69. The Morgan fingerprint density at radius 3 is 2.88 bits per heavy atom. The molecule has 0 radical (unpaired) electrons. The molecule has 0 fully saturated rings. The van der Waals surface area contributed by atoms with Crippen molar-refractivity contribution in [3.05, 3.63) is 35.1 Å². The maximum atomic E-state index is 13.9. The van der Waals surface area contributed by atoms with Gasteiger partial charge in [0, 0.05) is 12.0 Å². The standard InChI is InChI=1S/C13H17FN2O/c1-8-4-5-11(14)10(6-8)13(3)7-9(2)17-12(15)16-13/h4-6,9H,7H2,1-3H3,(H2,15,16). The second-order valence-electron chi connectivity index (χ2n) is 4.84. The summed E-state index contributed by atoms with van der Waals surface area (Å²) in [5.41, 5.74) is 6.58. The molecule has 1 aromatic carbocycles. The van der Waals surface area contributed by atoms with Crippen molar-refractivity contribution in [2.24, 2.45) is 10.7 Å². The lowest BCUT2D eigenvalue weighted by Crippen LogP contribution is -2.38. The summed E-state index contributed by atoms with van der Waals surface area (Å²) in [6.45, 7) is 5.73. The molecule has 17 heavy (non-hydrogen) atoms. The average Bonchev–Trinajstić information content (AvgIpc) is 2.19. The van der Waals surface area contributed by atoms with Crippen LogP contribution in [-0.4, -0.2) is 12.1 Å². The quantitative estimate of drug-likeness (QED) is 0.814. The third-order valence-electron chi connectivity index (χ3n) is 3.07. The zero-order valence-electron chi connectivity index (χ0n) is 10.3. The molecule has 2 atom stereocenters. The van der Waals surface area contributed by atoms with E-state index in [1.54, 1.807) is 6.07 Å². The van der Waals surface area contributed by atoms with Crippen LogP contribution in [0.25, 0.3) is 0 Å². The summed E-state index contributed by atoms with van der Waals surface area (Å²) in [5, 5.41) is 0. The number of rotatable bonds is 1. The Hall–Kier alpha value is -1.58. The molecule has 4 heteroatoms. The van der Waals surface area contributed by atoms with Crippen molar-refractivity contribution in [3.63, 3.8) is 0 Å². The van der Waals surface area contributed by atoms with E-state index >= 15 is 0 Å². The highest BCUT2D eigenvalue weighted by atomic mass is 19.1. The van der Waals surface area contributed by atoms with E-state index in [0.717, 1.165) is 5.56 Å². The molecule has 2 rings (SSSR count). The summed E-state index contributed by atoms with van der Waals surface area (Å²) >= 11 is 0. The van der Waals surface area contributed by atoms with Gasteiger partial charge in [-0.25, -0.2) is 9.38 Å². The number of amidine groups is 1. The molecule has 3 nitrogen and oxygen atoms in total. The first kappa shape index (κ1) is 11.9. The number of nitrogens with zero attached hydrogens (tertiary/aromatic N) is 1. The predicted molar refractivity (Wildman–Crippen MR) is 65.3 cm³/mol. The van der Waals surface area contributed by atoms with Gasteiger partial charge < -0.3 is 10.5 Å². The van der Waals surface area contributed by atoms with Gasteiger partial charge in [0.1, 0.15) is 11.9 Å². The van der Waals surface area contributed by atoms with Crippen LogP contribution in [0.15, 0.2) is 23.2 Å². The van der Waals surface area contributed by atoms with Gasteiger partial charge in [0.05, 0.1) is 5.54 Å². The van der Waals surface area contributed by atoms with Crippen molar-refractivity contribution in [1.29, 1.82) is 0 Å². The lowest BCUT2D eigenvalue weighted by molar-refractivity contribution is 0.134. The summed E-state index contributed by atoms with van der Waals surface area (Å²) in [6, 6.07) is 5.18. The second kappa shape index (κ2) is 4.02. The molecule has 0 spiro atoms. The zero-order chi connectivity index (χ0) is 12.6. The van der Waals surface area contributed by atoms with Gasteiger partial charge in [-0.1, -0.05) is 17.7 Å². The summed E-state index contributed by atoms with van der Waals surface area (Å²) in [6.07, 6.45) is 0.561. The van der Waals surface area contributed by atoms with Crippen molar-refractivity contribution in [2.45, 2.75) is 38.8 Å². The Labute approximate surface area is 100 Å². The van der Waals surface area contributed by atoms with E-state index in [2.05, 4.69) is 4.99 Å². The van der Waals surface area contributed by atoms with E-state index in [-0.39, 0.29) is 17.9 Å². The van der Waals surface area contributed by atoms with E-state index < -0.39 is 5.54 Å². The molecule has 0 bridgehead atoms. The zero-order valence-corrected chi connectivity index (χ0v) is 10.3. The maximum absolute atomic E-state index is 13.9. The van der Waals surface area contributed by atoms with Crippen LogP contribution in [0.3, 0.4) is 0 Å². The lowest BCUT2D eigenvalue weighted by Gasteiger charge is -2.33. The van der Waals surface area contributed by atoms with Crippen LogP contribution in [0.2, 0.25) is 0 Å². The first-order valence-corrected chi connectivity index (χ1v) is 5.69. The van der Waals surface area contributed by atoms with Crippen LogP contribution < -0.4 is 5.73 Å². The summed E-state index contributed by atoms with van der Waals surface area (Å²) in [5.74, 6) is -0.247. The molecule has 1 aliphatic rings. The van der Waals surface area contributed by atoms with Crippen LogP contribution in [0.5, 0.6) is 0 Å². The third-order valence-corrected chi connectivity index (χ3v) is 3.07. The Morgan fingerprint density at radius 2 is 2.24 bits per heavy atom. The van der Waals surface area contributed by atoms with Crippen LogP contribution in [-0.2, 0) is 10.3 Å². The topological polar surface area (TPSA) is 47.6 Å². The number of aryl methyl sites for hydroxylation is 1. The minimum atomic E-state index is -0.641. The van der Waals surface area contributed by atoms with Crippen LogP contribution in [0.1, 0.15) is 31.4 Å². The van der Waals surface area contributed by atoms with Gasteiger partial charge in [0.25, 0.3) is 6.02 Å². The fraction of sp³-hybridized carbons (Fsp3) is 0.462. The molecule has 0 aromatic heterocycles. The molecule has 1 aromatic rings. The molecular formula is C13H17FN2O. The van der Waals surface area contributed by atoms with E-state index in [1.807, 2.05) is 26.8 Å². The number of halogens is 1. The van der Waals surface area contributed by atoms with Crippen LogP contribution in [0, 0.1) is 12.7 Å². The molecular weight excluding hydrogens is 219 g/mol. The number of hydrogen-bond acceptors (Lipinski definition) is 3. The normalized spacial score (nSPS) is 28.5. The average molecular weight is 236 g/mol. The Kier molecular flexibility index (Phi) is 2.81. The van der Waals surface area contributed by atoms with Crippen molar-refractivity contribution in [1.82, 2.24) is 0 Å². The fourth-order valence-electron chi connectivity index (χ4n) is 2.34. The molecule has 1 heterocycles. The Bertz CT molecular complexity index is 472. The minimum absolute atomic E-state index is 0.0580. The first-order chi connectivity index (χ1) is 7.90. The minimum Gasteiger partial charge on any atom is -0.462 e. The number of aliphatic imine (C=N–C) groups is 1. The summed E-state index contributed by atoms with van der Waals surface area (Å²) in [4.78, 5) is 4.27. The smallest absolute Gasteiger partial charge is 0.283 e. The van der Waals surface area contributed by atoms with Gasteiger partial charge in [-0.3, -0.25) is 0 Å². The molecule has 0 amide bonds. The molecule has 0 saturated heterocycles. The Morgan fingerprint density at radius 1 is 1.53 bits per heavy atom. The van der Waals surface area contributed by atoms with Gasteiger partial charge in [0.15, 0.2) is 0 Å².